The van der Waals surface area contributed by atoms with Crippen LogP contribution in [0.15, 0.2) is 10.6 Å². The molecule has 0 amide bonds. The van der Waals surface area contributed by atoms with Gasteiger partial charge in [-0.15, -0.1) is 16.4 Å². The molecule has 0 saturated heterocycles. The molecule has 0 atom stereocenters. The molecule has 0 radical (unpaired) electrons. The lowest BCUT2D eigenvalue weighted by molar-refractivity contribution is 0.553. The first-order chi connectivity index (χ1) is 7.15. The standard InChI is InChI=1S/C9H11N3OS2/c1-5(2)3-7-10-4-6(15-7)8-11-12-9(14)13-8/h4-5H,3H2,1-2H3,(H,12,14). The number of hydrogen-bond donors (Lipinski definition) is 1. The van der Waals surface area contributed by atoms with Gasteiger partial charge in [0.2, 0.25) is 0 Å². The van der Waals surface area contributed by atoms with Gasteiger partial charge in [-0.1, -0.05) is 13.8 Å². The van der Waals surface area contributed by atoms with E-state index < -0.39 is 0 Å². The number of rotatable bonds is 3. The van der Waals surface area contributed by atoms with Crippen molar-refractivity contribution < 1.29 is 4.42 Å². The van der Waals surface area contributed by atoms with Crippen molar-refractivity contribution in [1.82, 2.24) is 15.2 Å². The van der Waals surface area contributed by atoms with Gasteiger partial charge in [0.15, 0.2) is 0 Å². The molecular weight excluding hydrogens is 230 g/mol. The predicted molar refractivity (Wildman–Crippen MR) is 61.3 cm³/mol. The van der Waals surface area contributed by atoms with E-state index >= 15 is 0 Å². The summed E-state index contributed by atoms with van der Waals surface area (Å²) in [5.74, 6) is 1.13. The van der Waals surface area contributed by atoms with Crippen molar-refractivity contribution in [2.24, 2.45) is 5.92 Å². The van der Waals surface area contributed by atoms with Crippen LogP contribution in [-0.2, 0) is 6.42 Å². The first-order valence-electron chi connectivity index (χ1n) is 4.65. The second-order valence-corrected chi connectivity index (χ2v) is 5.12. The van der Waals surface area contributed by atoms with E-state index in [2.05, 4.69) is 29.0 Å². The SMILES string of the molecule is CC(C)Cc1ncc(-c2n[nH]c(=S)o2)s1. The summed E-state index contributed by atoms with van der Waals surface area (Å²) in [6.07, 6.45) is 2.76. The Morgan fingerprint density at radius 1 is 1.60 bits per heavy atom. The number of hydrogen-bond acceptors (Lipinski definition) is 5. The van der Waals surface area contributed by atoms with Crippen molar-refractivity contribution in [3.63, 3.8) is 0 Å². The van der Waals surface area contributed by atoms with Crippen molar-refractivity contribution in [1.29, 1.82) is 0 Å². The highest BCUT2D eigenvalue weighted by molar-refractivity contribution is 7.71. The summed E-state index contributed by atoms with van der Waals surface area (Å²) in [7, 11) is 0. The topological polar surface area (TPSA) is 54.7 Å². The van der Waals surface area contributed by atoms with Crippen LogP contribution < -0.4 is 0 Å². The largest absolute Gasteiger partial charge is 0.408 e. The number of nitrogens with one attached hydrogen (secondary N) is 1. The van der Waals surface area contributed by atoms with E-state index in [1.165, 1.54) is 0 Å². The van der Waals surface area contributed by atoms with Gasteiger partial charge in [-0.05, 0) is 18.1 Å². The molecule has 4 nitrogen and oxygen atoms in total. The normalized spacial score (nSPS) is 11.1. The Balaban J connectivity index is 2.23. The highest BCUT2D eigenvalue weighted by Crippen LogP contribution is 2.25. The van der Waals surface area contributed by atoms with Gasteiger partial charge in [-0.3, -0.25) is 0 Å². The molecular formula is C9H11N3OS2. The van der Waals surface area contributed by atoms with Crippen LogP contribution in [0.5, 0.6) is 0 Å². The molecule has 15 heavy (non-hydrogen) atoms. The lowest BCUT2D eigenvalue weighted by atomic mass is 10.1. The zero-order valence-corrected chi connectivity index (χ0v) is 10.1. The molecule has 0 aliphatic rings. The number of nitrogens with zero attached hydrogens (tertiary/aromatic N) is 2. The molecule has 0 aliphatic carbocycles. The van der Waals surface area contributed by atoms with Crippen LogP contribution in [0.1, 0.15) is 18.9 Å². The molecule has 0 bridgehead atoms. The molecule has 0 fully saturated rings. The first-order valence-corrected chi connectivity index (χ1v) is 5.88. The van der Waals surface area contributed by atoms with Crippen LogP contribution in [0.25, 0.3) is 10.8 Å². The predicted octanol–water partition coefficient (Wildman–Crippen LogP) is 3.05. The van der Waals surface area contributed by atoms with Gasteiger partial charge in [0.05, 0.1) is 11.2 Å². The fourth-order valence-electron chi connectivity index (χ4n) is 1.19. The lowest BCUT2D eigenvalue weighted by Crippen LogP contribution is -1.91. The molecule has 2 heterocycles. The smallest absolute Gasteiger partial charge is 0.284 e. The highest BCUT2D eigenvalue weighted by atomic mass is 32.1. The third-order valence-electron chi connectivity index (χ3n) is 1.79. The van der Waals surface area contributed by atoms with Gasteiger partial charge >= 0.3 is 0 Å². The molecule has 6 heteroatoms. The molecule has 2 rings (SSSR count). The van der Waals surface area contributed by atoms with E-state index in [1.54, 1.807) is 17.5 Å². The van der Waals surface area contributed by atoms with Gasteiger partial charge in [0, 0.05) is 6.42 Å². The molecule has 2 aromatic heterocycles. The van der Waals surface area contributed by atoms with E-state index in [0.717, 1.165) is 16.3 Å². The summed E-state index contributed by atoms with van der Waals surface area (Å²) >= 11 is 6.40. The van der Waals surface area contributed by atoms with Gasteiger partial charge in [-0.25, -0.2) is 10.1 Å². The van der Waals surface area contributed by atoms with E-state index in [0.29, 0.717) is 16.6 Å². The second-order valence-electron chi connectivity index (χ2n) is 3.63. The molecule has 80 valence electrons. The molecule has 0 aromatic carbocycles. The molecule has 2 aromatic rings. The molecule has 0 unspecified atom stereocenters. The van der Waals surface area contributed by atoms with E-state index in [1.807, 2.05) is 0 Å². The van der Waals surface area contributed by atoms with Crippen molar-refractivity contribution in [2.45, 2.75) is 20.3 Å². The van der Waals surface area contributed by atoms with Crippen molar-refractivity contribution in [3.8, 4) is 10.8 Å². The Bertz CT molecular complexity index is 497. The summed E-state index contributed by atoms with van der Waals surface area (Å²) in [5, 5.41) is 7.65. The zero-order chi connectivity index (χ0) is 10.8. The summed E-state index contributed by atoms with van der Waals surface area (Å²) in [4.78, 5) is 5.52. The van der Waals surface area contributed by atoms with Crippen LogP contribution in [0.2, 0.25) is 0 Å². The lowest BCUT2D eigenvalue weighted by Gasteiger charge is -1.97. The maximum atomic E-state index is 5.21. The minimum atomic E-state index is 0.295. The number of aromatic amines is 1. The summed E-state index contributed by atoms with van der Waals surface area (Å²) in [6, 6.07) is 0. The van der Waals surface area contributed by atoms with Crippen LogP contribution in [0.3, 0.4) is 0 Å². The third kappa shape index (κ3) is 2.51. The number of thiazole rings is 1. The molecule has 0 spiro atoms. The number of aromatic nitrogens is 3. The highest BCUT2D eigenvalue weighted by Gasteiger charge is 2.09. The fraction of sp³-hybridized carbons (Fsp3) is 0.444. The Kier molecular flexibility index (Phi) is 2.97. The van der Waals surface area contributed by atoms with Crippen molar-refractivity contribution in [3.05, 3.63) is 16.0 Å². The van der Waals surface area contributed by atoms with Gasteiger partial charge < -0.3 is 4.42 Å². The quantitative estimate of drug-likeness (QED) is 0.839. The van der Waals surface area contributed by atoms with Crippen molar-refractivity contribution in [2.75, 3.05) is 0 Å². The number of H-pyrrole nitrogens is 1. The molecule has 1 N–H and O–H groups in total. The van der Waals surface area contributed by atoms with Crippen LogP contribution in [-0.4, -0.2) is 15.2 Å². The minimum absolute atomic E-state index is 0.295. The van der Waals surface area contributed by atoms with E-state index in [4.69, 9.17) is 16.6 Å². The molecule has 0 saturated carbocycles. The summed E-state index contributed by atoms with van der Waals surface area (Å²) in [6.45, 7) is 4.34. The third-order valence-corrected chi connectivity index (χ3v) is 2.97. The Morgan fingerprint density at radius 2 is 2.40 bits per heavy atom. The van der Waals surface area contributed by atoms with Crippen LogP contribution >= 0.6 is 23.6 Å². The van der Waals surface area contributed by atoms with Gasteiger partial charge in [0.25, 0.3) is 10.7 Å². The average Bonchev–Trinajstić information content (AvgIpc) is 2.72. The fourth-order valence-corrected chi connectivity index (χ4v) is 2.37. The van der Waals surface area contributed by atoms with Gasteiger partial charge in [-0.2, -0.15) is 0 Å². The van der Waals surface area contributed by atoms with Gasteiger partial charge in [0.1, 0.15) is 4.88 Å². The Hall–Kier alpha value is -1.01. The van der Waals surface area contributed by atoms with Crippen molar-refractivity contribution >= 4 is 23.6 Å². The average molecular weight is 241 g/mol. The zero-order valence-electron chi connectivity index (χ0n) is 8.48. The maximum Gasteiger partial charge on any atom is 0.284 e. The van der Waals surface area contributed by atoms with E-state index in [-0.39, 0.29) is 0 Å². The summed E-state index contributed by atoms with van der Waals surface area (Å²) < 4.78 is 5.21. The Morgan fingerprint density at radius 3 is 3.00 bits per heavy atom. The van der Waals surface area contributed by atoms with Crippen LogP contribution in [0, 0.1) is 10.8 Å². The monoisotopic (exact) mass is 241 g/mol. The second kappa shape index (κ2) is 4.24. The maximum absolute atomic E-state index is 5.21. The summed E-state index contributed by atoms with van der Waals surface area (Å²) in [5.41, 5.74) is 0. The minimum Gasteiger partial charge on any atom is -0.408 e. The van der Waals surface area contributed by atoms with E-state index in [9.17, 15) is 0 Å². The molecule has 0 aliphatic heterocycles. The van der Waals surface area contributed by atoms with Crippen LogP contribution in [0.4, 0.5) is 0 Å². The first kappa shape index (κ1) is 10.5. The Labute approximate surface area is 96.4 Å².